The lowest BCUT2D eigenvalue weighted by atomic mass is 10.0. The number of imidazole rings is 1. The van der Waals surface area contributed by atoms with Crippen LogP contribution >= 0.6 is 0 Å². The molecule has 1 saturated heterocycles. The summed E-state index contributed by atoms with van der Waals surface area (Å²) < 4.78 is 29.4. The number of nitrogens with two attached hydrogens (primary N) is 1. The van der Waals surface area contributed by atoms with Crippen molar-refractivity contribution in [2.24, 2.45) is 18.7 Å². The third-order valence-corrected chi connectivity index (χ3v) is 8.71. The monoisotopic (exact) mass is 598 g/mol. The summed E-state index contributed by atoms with van der Waals surface area (Å²) >= 11 is 0. The molecule has 0 bridgehead atoms. The number of nitrogens with zero attached hydrogens (tertiary/aromatic N) is 5. The third-order valence-electron chi connectivity index (χ3n) is 8.71. The second-order valence-electron chi connectivity index (χ2n) is 11.9. The van der Waals surface area contributed by atoms with Gasteiger partial charge in [-0.2, -0.15) is 0 Å². The molecule has 2 aromatic carbocycles. The van der Waals surface area contributed by atoms with Gasteiger partial charge in [0.15, 0.2) is 17.3 Å². The molecule has 3 N–H and O–H groups in total. The molecule has 44 heavy (non-hydrogen) atoms. The Kier molecular flexibility index (Phi) is 6.92. The Hall–Kier alpha value is -4.64. The highest BCUT2D eigenvalue weighted by molar-refractivity contribution is 6.00. The molecule has 2 aliphatic rings. The number of aromatic nitrogens is 4. The van der Waals surface area contributed by atoms with Crippen LogP contribution in [-0.2, 0) is 13.6 Å². The minimum Gasteiger partial charge on any atom is -0.504 e. The fourth-order valence-electron chi connectivity index (χ4n) is 6.31. The Morgan fingerprint density at radius 2 is 1.84 bits per heavy atom. The van der Waals surface area contributed by atoms with Crippen LogP contribution in [0.4, 0.5) is 4.39 Å². The van der Waals surface area contributed by atoms with Crippen LogP contribution in [0.2, 0.25) is 0 Å². The van der Waals surface area contributed by atoms with Crippen molar-refractivity contribution in [1.29, 1.82) is 0 Å². The van der Waals surface area contributed by atoms with Gasteiger partial charge >= 0.3 is 0 Å². The number of alkyl halides is 1. The highest BCUT2D eigenvalue weighted by atomic mass is 19.1. The van der Waals surface area contributed by atoms with Crippen molar-refractivity contribution < 1.29 is 23.8 Å². The number of fused-ring (bicyclic) bond motifs is 2. The van der Waals surface area contributed by atoms with Gasteiger partial charge < -0.3 is 34.3 Å². The fourth-order valence-corrected chi connectivity index (χ4v) is 6.31. The Morgan fingerprint density at radius 3 is 2.55 bits per heavy atom. The Balaban J connectivity index is 1.33. The van der Waals surface area contributed by atoms with Crippen LogP contribution in [0.1, 0.15) is 29.6 Å². The molecule has 4 heterocycles. The number of halogens is 1. The molecule has 2 atom stereocenters. The number of aryl methyl sites for hydroxylation is 1. The number of amides is 1. The van der Waals surface area contributed by atoms with Gasteiger partial charge in [-0.3, -0.25) is 4.79 Å². The number of pyridine rings is 1. The first-order valence-electron chi connectivity index (χ1n) is 14.9. The van der Waals surface area contributed by atoms with E-state index in [0.29, 0.717) is 40.9 Å². The summed E-state index contributed by atoms with van der Waals surface area (Å²) in [6, 6.07) is 14.4. The van der Waals surface area contributed by atoms with Gasteiger partial charge in [-0.15, -0.1) is 0 Å². The van der Waals surface area contributed by atoms with E-state index in [1.807, 2.05) is 29.8 Å². The number of hydrogen-bond donors (Lipinski definition) is 2. The standard InChI is InChI=1S/C33H35FN6O4/c1-38-30-25(10-21(13-29(30)44-3)33(42)39-16-22(34)14-23(35)17-39)37-32(38)26-11-20-6-8-24(19-7-9-28(43-2)27(41)12-19)36-31(20)40(26)15-18-4-5-18/h6-13,18,22-23,41H,4-5,14-17,35H2,1-3H3/t22-,23-/m1/s1. The Morgan fingerprint density at radius 1 is 1.05 bits per heavy atom. The van der Waals surface area contributed by atoms with Crippen LogP contribution in [-0.4, -0.2) is 74.5 Å². The van der Waals surface area contributed by atoms with Crippen molar-refractivity contribution in [2.75, 3.05) is 27.3 Å². The van der Waals surface area contributed by atoms with Gasteiger partial charge in [0.2, 0.25) is 0 Å². The molecule has 3 aromatic heterocycles. The van der Waals surface area contributed by atoms with Gasteiger partial charge in [-0.05, 0) is 73.7 Å². The highest BCUT2D eigenvalue weighted by Crippen LogP contribution is 2.39. The van der Waals surface area contributed by atoms with Crippen LogP contribution in [0.5, 0.6) is 17.2 Å². The molecule has 0 unspecified atom stereocenters. The van der Waals surface area contributed by atoms with Crippen molar-refractivity contribution in [2.45, 2.75) is 38.0 Å². The average molecular weight is 599 g/mol. The maximum absolute atomic E-state index is 14.3. The Bertz CT molecular complexity index is 1900. The lowest BCUT2D eigenvalue weighted by Gasteiger charge is -2.33. The number of rotatable bonds is 7. The normalized spacial score (nSPS) is 18.7. The number of aromatic hydroxyl groups is 1. The van der Waals surface area contributed by atoms with Gasteiger partial charge in [0, 0.05) is 42.7 Å². The number of hydrogen-bond acceptors (Lipinski definition) is 7. The lowest BCUT2D eigenvalue weighted by molar-refractivity contribution is 0.0606. The smallest absolute Gasteiger partial charge is 0.254 e. The lowest BCUT2D eigenvalue weighted by Crippen LogP contribution is -2.50. The Labute approximate surface area is 253 Å². The van der Waals surface area contributed by atoms with Gasteiger partial charge in [0.05, 0.1) is 37.7 Å². The van der Waals surface area contributed by atoms with E-state index in [0.717, 1.165) is 52.9 Å². The van der Waals surface area contributed by atoms with E-state index >= 15 is 0 Å². The van der Waals surface area contributed by atoms with Crippen LogP contribution in [0.15, 0.2) is 48.5 Å². The number of piperidine rings is 1. The van der Waals surface area contributed by atoms with E-state index in [2.05, 4.69) is 10.6 Å². The van der Waals surface area contributed by atoms with Crippen molar-refractivity contribution in [3.8, 4) is 40.0 Å². The third kappa shape index (κ3) is 4.90. The quantitative estimate of drug-likeness (QED) is 0.273. The molecule has 228 valence electrons. The fraction of sp³-hybridized carbons (Fsp3) is 0.364. The summed E-state index contributed by atoms with van der Waals surface area (Å²) in [5.74, 6) is 1.95. The molecule has 10 nitrogen and oxygen atoms in total. The molecule has 1 aliphatic carbocycles. The van der Waals surface area contributed by atoms with Gasteiger partial charge in [0.25, 0.3) is 5.91 Å². The van der Waals surface area contributed by atoms with E-state index in [4.69, 9.17) is 25.2 Å². The van der Waals surface area contributed by atoms with Gasteiger partial charge in [0.1, 0.15) is 23.1 Å². The number of phenolic OH excluding ortho intramolecular Hbond substituents is 1. The molecule has 0 radical (unpaired) electrons. The number of phenols is 1. The molecular weight excluding hydrogens is 563 g/mol. The summed E-state index contributed by atoms with van der Waals surface area (Å²) in [4.78, 5) is 25.0. The zero-order chi connectivity index (χ0) is 30.7. The molecule has 0 spiro atoms. The zero-order valence-corrected chi connectivity index (χ0v) is 25.0. The van der Waals surface area contributed by atoms with Crippen molar-refractivity contribution >= 4 is 28.0 Å². The number of benzene rings is 2. The second kappa shape index (κ2) is 10.8. The number of ether oxygens (including phenoxy) is 2. The summed E-state index contributed by atoms with van der Waals surface area (Å²) in [7, 11) is 5.02. The summed E-state index contributed by atoms with van der Waals surface area (Å²) in [5.41, 5.74) is 11.0. The first kappa shape index (κ1) is 28.1. The minimum atomic E-state index is -1.15. The van der Waals surface area contributed by atoms with E-state index in [9.17, 15) is 14.3 Å². The van der Waals surface area contributed by atoms with Crippen LogP contribution in [0, 0.1) is 5.92 Å². The molecule has 5 aromatic rings. The van der Waals surface area contributed by atoms with E-state index in [1.54, 1.807) is 31.4 Å². The van der Waals surface area contributed by atoms with Crippen molar-refractivity contribution in [1.82, 2.24) is 24.0 Å². The maximum atomic E-state index is 14.3. The first-order chi connectivity index (χ1) is 21.2. The molecule has 7 rings (SSSR count). The number of carbonyl (C=O) groups is 1. The maximum Gasteiger partial charge on any atom is 0.254 e. The van der Waals surface area contributed by atoms with Crippen LogP contribution in [0.3, 0.4) is 0 Å². The second-order valence-corrected chi connectivity index (χ2v) is 11.9. The first-order valence-corrected chi connectivity index (χ1v) is 14.9. The molecule has 1 saturated carbocycles. The number of methoxy groups -OCH3 is 2. The van der Waals surface area contributed by atoms with E-state index in [1.165, 1.54) is 12.0 Å². The average Bonchev–Trinajstić information content (AvgIpc) is 3.68. The van der Waals surface area contributed by atoms with Crippen molar-refractivity contribution in [3.05, 3.63) is 54.1 Å². The molecule has 1 amide bonds. The van der Waals surface area contributed by atoms with Crippen LogP contribution in [0.25, 0.3) is 44.8 Å². The topological polar surface area (TPSA) is 121 Å². The zero-order valence-electron chi connectivity index (χ0n) is 25.0. The molecule has 1 aliphatic heterocycles. The molecular formula is C33H35FN6O4. The number of carbonyl (C=O) groups excluding carboxylic acids is 1. The number of likely N-dealkylation sites (tertiary alicyclic amines) is 1. The predicted molar refractivity (Wildman–Crippen MR) is 166 cm³/mol. The van der Waals surface area contributed by atoms with E-state index in [-0.39, 0.29) is 24.6 Å². The highest BCUT2D eigenvalue weighted by Gasteiger charge is 2.30. The van der Waals surface area contributed by atoms with Crippen molar-refractivity contribution in [3.63, 3.8) is 0 Å². The van der Waals surface area contributed by atoms with Gasteiger partial charge in [-0.1, -0.05) is 0 Å². The SMILES string of the molecule is COc1ccc(-c2ccc3cc(-c4nc5cc(C(=O)N6C[C@H](N)C[C@@H](F)C6)cc(OC)c5n4C)n(CC4CC4)c3n2)cc1O. The van der Waals surface area contributed by atoms with E-state index < -0.39 is 12.2 Å². The summed E-state index contributed by atoms with van der Waals surface area (Å²) in [6.45, 7) is 1.12. The minimum absolute atomic E-state index is 0.0206. The van der Waals surface area contributed by atoms with Gasteiger partial charge in [-0.25, -0.2) is 14.4 Å². The molecule has 11 heteroatoms. The summed E-state index contributed by atoms with van der Waals surface area (Å²) in [5, 5.41) is 11.3. The van der Waals surface area contributed by atoms with Crippen LogP contribution < -0.4 is 15.2 Å². The molecule has 2 fully saturated rings. The predicted octanol–water partition coefficient (Wildman–Crippen LogP) is 4.90. The summed E-state index contributed by atoms with van der Waals surface area (Å²) in [6.07, 6.45) is 1.43. The largest absolute Gasteiger partial charge is 0.504 e.